The Morgan fingerprint density at radius 1 is 0.889 bits per heavy atom. The molecular formula is C29H32N4O3. The lowest BCUT2D eigenvalue weighted by atomic mass is 9.64. The molecule has 0 saturated carbocycles. The van der Waals surface area contributed by atoms with Crippen LogP contribution in [0.5, 0.6) is 0 Å². The number of amides is 3. The molecule has 3 aromatic carbocycles. The number of carbonyl (C=O) groups excluding carboxylic acids is 3. The van der Waals surface area contributed by atoms with E-state index in [9.17, 15) is 14.4 Å². The van der Waals surface area contributed by atoms with Gasteiger partial charge in [-0.05, 0) is 48.9 Å². The molecule has 0 spiro atoms. The maximum absolute atomic E-state index is 13.9. The van der Waals surface area contributed by atoms with Crippen molar-refractivity contribution in [3.8, 4) is 0 Å². The molecule has 2 N–H and O–H groups in total. The van der Waals surface area contributed by atoms with Crippen LogP contribution >= 0.6 is 0 Å². The number of piperidine rings is 1. The lowest BCUT2D eigenvalue weighted by Crippen LogP contribution is -2.61. The fourth-order valence-corrected chi connectivity index (χ4v) is 4.74. The molecule has 1 aliphatic heterocycles. The monoisotopic (exact) mass is 484 g/mol. The Labute approximate surface area is 212 Å². The van der Waals surface area contributed by atoms with Gasteiger partial charge in [-0.2, -0.15) is 0 Å². The zero-order valence-corrected chi connectivity index (χ0v) is 21.3. The average Bonchev–Trinajstić information content (AvgIpc) is 2.86. The second-order valence-corrected chi connectivity index (χ2v) is 9.96. The van der Waals surface area contributed by atoms with Crippen molar-refractivity contribution in [2.24, 2.45) is 11.3 Å². The predicted molar refractivity (Wildman–Crippen MR) is 143 cm³/mol. The van der Waals surface area contributed by atoms with Crippen molar-refractivity contribution in [1.82, 2.24) is 5.43 Å². The molecule has 2 atom stereocenters. The zero-order valence-electron chi connectivity index (χ0n) is 21.3. The summed E-state index contributed by atoms with van der Waals surface area (Å²) in [4.78, 5) is 44.5. The smallest absolute Gasteiger partial charge is 0.251 e. The second-order valence-electron chi connectivity index (χ2n) is 9.96. The number of nitrogens with one attached hydrogen (secondary N) is 2. The van der Waals surface area contributed by atoms with Crippen molar-refractivity contribution < 1.29 is 14.4 Å². The summed E-state index contributed by atoms with van der Waals surface area (Å²) in [7, 11) is 3.88. The van der Waals surface area contributed by atoms with E-state index in [0.717, 1.165) is 21.7 Å². The van der Waals surface area contributed by atoms with Crippen LogP contribution in [0.25, 0.3) is 0 Å². The standard InChI is InChI=1S/C29H32N4O3/c1-19-11-15-23(16-12-19)33-27(35)24(26(34)31-30-21-9-7-6-8-10-21)25(29(2,3)28(33)36)20-13-17-22(18-14-20)32(4)5/h6-18,24-25,30H,1-5H3,(H,31,34). The van der Waals surface area contributed by atoms with Gasteiger partial charge in [0.1, 0.15) is 5.92 Å². The van der Waals surface area contributed by atoms with E-state index in [-0.39, 0.29) is 5.91 Å². The highest BCUT2D eigenvalue weighted by Crippen LogP contribution is 2.48. The number of anilines is 3. The molecule has 7 nitrogen and oxygen atoms in total. The molecule has 3 amide bonds. The second kappa shape index (κ2) is 9.85. The van der Waals surface area contributed by atoms with Crippen molar-refractivity contribution >= 4 is 34.8 Å². The number of carbonyl (C=O) groups is 3. The summed E-state index contributed by atoms with van der Waals surface area (Å²) in [5.74, 6) is -3.16. The molecule has 7 heteroatoms. The Kier molecular flexibility index (Phi) is 6.84. The first-order valence-corrected chi connectivity index (χ1v) is 11.9. The van der Waals surface area contributed by atoms with Crippen LogP contribution in [0.15, 0.2) is 78.9 Å². The number of nitrogens with zero attached hydrogens (tertiary/aromatic N) is 2. The van der Waals surface area contributed by atoms with Crippen LogP contribution < -0.4 is 20.7 Å². The van der Waals surface area contributed by atoms with E-state index in [4.69, 9.17) is 0 Å². The molecule has 4 rings (SSSR count). The lowest BCUT2D eigenvalue weighted by Gasteiger charge is -2.46. The lowest BCUT2D eigenvalue weighted by molar-refractivity contribution is -0.146. The van der Waals surface area contributed by atoms with Crippen molar-refractivity contribution in [2.45, 2.75) is 26.7 Å². The van der Waals surface area contributed by atoms with Gasteiger partial charge in [0.25, 0.3) is 5.91 Å². The molecule has 1 heterocycles. The first-order chi connectivity index (χ1) is 17.1. The molecule has 36 heavy (non-hydrogen) atoms. The molecule has 0 aliphatic carbocycles. The third kappa shape index (κ3) is 4.69. The Morgan fingerprint density at radius 2 is 1.50 bits per heavy atom. The number of imide groups is 1. The Morgan fingerprint density at radius 3 is 2.08 bits per heavy atom. The van der Waals surface area contributed by atoms with E-state index in [2.05, 4.69) is 10.9 Å². The van der Waals surface area contributed by atoms with Gasteiger partial charge in [0.15, 0.2) is 0 Å². The first-order valence-electron chi connectivity index (χ1n) is 11.9. The van der Waals surface area contributed by atoms with Gasteiger partial charge in [-0.1, -0.05) is 61.9 Å². The molecule has 0 radical (unpaired) electrons. The molecule has 1 saturated heterocycles. The summed E-state index contributed by atoms with van der Waals surface area (Å²) in [6.07, 6.45) is 0. The van der Waals surface area contributed by atoms with Crippen LogP contribution in [0.4, 0.5) is 17.1 Å². The number of aryl methyl sites for hydroxylation is 1. The number of hydrogen-bond acceptors (Lipinski definition) is 5. The van der Waals surface area contributed by atoms with Gasteiger partial charge in [-0.15, -0.1) is 0 Å². The number of hydrazine groups is 1. The van der Waals surface area contributed by atoms with E-state index in [1.807, 2.05) is 92.6 Å². The molecule has 0 aromatic heterocycles. The number of hydrogen-bond donors (Lipinski definition) is 2. The van der Waals surface area contributed by atoms with Crippen LogP contribution in [0, 0.1) is 18.3 Å². The minimum atomic E-state index is -1.12. The van der Waals surface area contributed by atoms with Gasteiger partial charge in [0.2, 0.25) is 11.8 Å². The topological polar surface area (TPSA) is 81.8 Å². The zero-order chi connectivity index (χ0) is 26.0. The van der Waals surface area contributed by atoms with Gasteiger partial charge in [0, 0.05) is 25.7 Å². The highest BCUT2D eigenvalue weighted by Gasteiger charge is 2.56. The van der Waals surface area contributed by atoms with Crippen LogP contribution in [0.1, 0.15) is 30.9 Å². The van der Waals surface area contributed by atoms with Gasteiger partial charge >= 0.3 is 0 Å². The van der Waals surface area contributed by atoms with Gasteiger partial charge in [0.05, 0.1) is 16.8 Å². The van der Waals surface area contributed by atoms with Gasteiger partial charge in [-0.25, -0.2) is 4.90 Å². The molecule has 1 fully saturated rings. The molecule has 3 aromatic rings. The highest BCUT2D eigenvalue weighted by atomic mass is 16.2. The fourth-order valence-electron chi connectivity index (χ4n) is 4.74. The average molecular weight is 485 g/mol. The summed E-state index contributed by atoms with van der Waals surface area (Å²) in [5.41, 5.74) is 8.47. The van der Waals surface area contributed by atoms with E-state index in [0.29, 0.717) is 11.4 Å². The summed E-state index contributed by atoms with van der Waals surface area (Å²) < 4.78 is 0. The molecule has 0 bridgehead atoms. The minimum Gasteiger partial charge on any atom is -0.378 e. The van der Waals surface area contributed by atoms with E-state index in [1.54, 1.807) is 26.0 Å². The van der Waals surface area contributed by atoms with E-state index >= 15 is 0 Å². The quantitative estimate of drug-likeness (QED) is 0.306. The first kappa shape index (κ1) is 25.0. The fraction of sp³-hybridized carbons (Fsp3) is 0.276. The Hall–Kier alpha value is -4.13. The third-order valence-electron chi connectivity index (χ3n) is 6.80. The minimum absolute atomic E-state index is 0.335. The van der Waals surface area contributed by atoms with Gasteiger partial charge < -0.3 is 4.90 Å². The number of rotatable bonds is 6. The number of benzene rings is 3. The molecule has 186 valence electrons. The van der Waals surface area contributed by atoms with Gasteiger partial charge in [-0.3, -0.25) is 25.2 Å². The van der Waals surface area contributed by atoms with E-state index in [1.165, 1.54) is 0 Å². The SMILES string of the molecule is Cc1ccc(N2C(=O)C(C(=O)NNc3ccccc3)C(c3ccc(N(C)C)cc3)C(C)(C)C2=O)cc1. The molecule has 1 aliphatic rings. The van der Waals surface area contributed by atoms with E-state index < -0.39 is 29.1 Å². The Bertz CT molecular complexity index is 1250. The summed E-state index contributed by atoms with van der Waals surface area (Å²) in [5, 5.41) is 0. The molecular weight excluding hydrogens is 452 g/mol. The van der Waals surface area contributed by atoms with Crippen LogP contribution in [0.3, 0.4) is 0 Å². The predicted octanol–water partition coefficient (Wildman–Crippen LogP) is 4.50. The third-order valence-corrected chi connectivity index (χ3v) is 6.80. The van der Waals surface area contributed by atoms with Crippen molar-refractivity contribution in [3.05, 3.63) is 90.0 Å². The maximum Gasteiger partial charge on any atom is 0.251 e. The maximum atomic E-state index is 13.9. The molecule has 2 unspecified atom stereocenters. The normalized spacial score (nSPS) is 19.1. The van der Waals surface area contributed by atoms with Crippen LogP contribution in [-0.4, -0.2) is 31.8 Å². The summed E-state index contributed by atoms with van der Waals surface area (Å²) in [6.45, 7) is 5.54. The van der Waals surface area contributed by atoms with Crippen LogP contribution in [0.2, 0.25) is 0 Å². The van der Waals surface area contributed by atoms with Crippen molar-refractivity contribution in [2.75, 3.05) is 29.3 Å². The van der Waals surface area contributed by atoms with Crippen LogP contribution in [-0.2, 0) is 14.4 Å². The highest BCUT2D eigenvalue weighted by molar-refractivity contribution is 6.24. The van der Waals surface area contributed by atoms with Crippen molar-refractivity contribution in [3.63, 3.8) is 0 Å². The van der Waals surface area contributed by atoms with Crippen molar-refractivity contribution in [1.29, 1.82) is 0 Å². The largest absolute Gasteiger partial charge is 0.378 e. The number of para-hydroxylation sites is 1. The Balaban J connectivity index is 1.76. The summed E-state index contributed by atoms with van der Waals surface area (Å²) in [6, 6.07) is 24.0. The summed E-state index contributed by atoms with van der Waals surface area (Å²) >= 11 is 0.